The molecule has 2 N–H and O–H groups in total. The summed E-state index contributed by atoms with van der Waals surface area (Å²) in [7, 11) is 0. The zero-order valence-corrected chi connectivity index (χ0v) is 13.9. The molecule has 2 aromatic carbocycles. The first-order chi connectivity index (χ1) is 10.6. The number of thiocarbonyl (C=S) groups is 1. The van der Waals surface area contributed by atoms with Crippen molar-refractivity contribution >= 4 is 34.8 Å². The maximum Gasteiger partial charge on any atom is 0.171 e. The minimum atomic E-state index is -0.203. The summed E-state index contributed by atoms with van der Waals surface area (Å²) in [4.78, 5) is 1.13. The highest BCUT2D eigenvalue weighted by Gasteiger charge is 2.21. The molecule has 0 amide bonds. The zero-order valence-electron chi connectivity index (χ0n) is 12.2. The van der Waals surface area contributed by atoms with Crippen molar-refractivity contribution in [2.45, 2.75) is 24.3 Å². The maximum absolute atomic E-state index is 13.5. The van der Waals surface area contributed by atoms with E-state index in [2.05, 4.69) is 10.6 Å². The van der Waals surface area contributed by atoms with E-state index in [4.69, 9.17) is 12.2 Å². The molecule has 2 aromatic rings. The van der Waals surface area contributed by atoms with Crippen LogP contribution in [0.3, 0.4) is 0 Å². The topological polar surface area (TPSA) is 24.1 Å². The number of hydrogen-bond acceptors (Lipinski definition) is 2. The first-order valence-electron chi connectivity index (χ1n) is 7.18. The fraction of sp³-hybridized carbons (Fsp3) is 0.235. The van der Waals surface area contributed by atoms with Crippen molar-refractivity contribution in [3.8, 4) is 0 Å². The second kappa shape index (κ2) is 6.67. The van der Waals surface area contributed by atoms with Crippen molar-refractivity contribution < 1.29 is 4.39 Å². The van der Waals surface area contributed by atoms with Crippen LogP contribution in [0, 0.1) is 12.7 Å². The predicted molar refractivity (Wildman–Crippen MR) is 95.0 cm³/mol. The first kappa shape index (κ1) is 15.3. The van der Waals surface area contributed by atoms with E-state index in [1.165, 1.54) is 11.6 Å². The number of rotatable bonds is 2. The lowest BCUT2D eigenvalue weighted by Crippen LogP contribution is -2.34. The molecule has 1 aliphatic heterocycles. The molecule has 1 heterocycles. The van der Waals surface area contributed by atoms with Gasteiger partial charge in [0.1, 0.15) is 5.82 Å². The van der Waals surface area contributed by atoms with Crippen molar-refractivity contribution in [2.24, 2.45) is 0 Å². The highest BCUT2D eigenvalue weighted by atomic mass is 32.2. The number of aryl methyl sites for hydroxylation is 1. The summed E-state index contributed by atoms with van der Waals surface area (Å²) in [6.07, 6.45) is 0.927. The summed E-state index contributed by atoms with van der Waals surface area (Å²) in [6, 6.07) is 13.1. The van der Waals surface area contributed by atoms with Crippen LogP contribution < -0.4 is 10.6 Å². The summed E-state index contributed by atoms with van der Waals surface area (Å²) >= 11 is 7.16. The molecule has 1 atom stereocenters. The normalized spacial score (nSPS) is 16.7. The van der Waals surface area contributed by atoms with Gasteiger partial charge in [0.15, 0.2) is 5.11 Å². The van der Waals surface area contributed by atoms with Crippen LogP contribution >= 0.6 is 24.0 Å². The zero-order chi connectivity index (χ0) is 15.5. The molecule has 2 nitrogen and oxygen atoms in total. The fourth-order valence-electron chi connectivity index (χ4n) is 2.56. The van der Waals surface area contributed by atoms with Gasteiger partial charge in [-0.05, 0) is 67.0 Å². The van der Waals surface area contributed by atoms with Crippen molar-refractivity contribution in [1.29, 1.82) is 0 Å². The third-order valence-electron chi connectivity index (χ3n) is 3.59. The van der Waals surface area contributed by atoms with Gasteiger partial charge in [-0.3, -0.25) is 0 Å². The molecular formula is C17H17FN2S2. The predicted octanol–water partition coefficient (Wildman–Crippen LogP) is 4.66. The molecule has 22 heavy (non-hydrogen) atoms. The molecule has 114 valence electrons. The second-order valence-corrected chi connectivity index (χ2v) is 6.88. The minimum absolute atomic E-state index is 0.0526. The standard InChI is InChI=1S/C17H17FN2S2/c1-11-3-2-4-13(9-11)19-17(21)20-15-7-8-22-16-6-5-12(18)10-14(15)16/h2-6,9-10,15H,7-8H2,1H3,(H2,19,20,21)/t15-/m0/s1. The lowest BCUT2D eigenvalue weighted by atomic mass is 10.0. The molecule has 3 rings (SSSR count). The van der Waals surface area contributed by atoms with E-state index in [0.29, 0.717) is 5.11 Å². The molecule has 0 aromatic heterocycles. The molecule has 0 aliphatic carbocycles. The van der Waals surface area contributed by atoms with E-state index in [9.17, 15) is 4.39 Å². The van der Waals surface area contributed by atoms with Crippen LogP contribution in [0.15, 0.2) is 47.4 Å². The van der Waals surface area contributed by atoms with Gasteiger partial charge in [0.05, 0.1) is 6.04 Å². The molecule has 1 aliphatic rings. The number of anilines is 1. The Morgan fingerprint density at radius 3 is 2.95 bits per heavy atom. The number of hydrogen-bond donors (Lipinski definition) is 2. The third kappa shape index (κ3) is 3.59. The van der Waals surface area contributed by atoms with Gasteiger partial charge in [-0.15, -0.1) is 11.8 Å². The molecule has 0 saturated carbocycles. The summed E-state index contributed by atoms with van der Waals surface area (Å²) in [5.41, 5.74) is 3.13. The smallest absolute Gasteiger partial charge is 0.171 e. The summed E-state index contributed by atoms with van der Waals surface area (Å²) in [5.74, 6) is 0.800. The van der Waals surface area contributed by atoms with Crippen molar-refractivity contribution in [1.82, 2.24) is 5.32 Å². The Morgan fingerprint density at radius 2 is 2.14 bits per heavy atom. The quantitative estimate of drug-likeness (QED) is 0.781. The van der Waals surface area contributed by atoms with Gasteiger partial charge in [-0.2, -0.15) is 0 Å². The monoisotopic (exact) mass is 332 g/mol. The SMILES string of the molecule is Cc1cccc(NC(=S)N[C@H]2CCSc3ccc(F)cc32)c1. The number of benzene rings is 2. The average Bonchev–Trinajstić information content (AvgIpc) is 2.48. The summed E-state index contributed by atoms with van der Waals surface area (Å²) < 4.78 is 13.5. The molecule has 0 radical (unpaired) electrons. The Bertz CT molecular complexity index is 703. The Kier molecular flexibility index (Phi) is 4.64. The van der Waals surface area contributed by atoms with Gasteiger partial charge in [0.2, 0.25) is 0 Å². The molecule has 0 bridgehead atoms. The van der Waals surface area contributed by atoms with E-state index in [1.807, 2.05) is 37.3 Å². The highest BCUT2D eigenvalue weighted by molar-refractivity contribution is 7.99. The largest absolute Gasteiger partial charge is 0.356 e. The van der Waals surface area contributed by atoms with E-state index >= 15 is 0 Å². The molecule has 0 spiro atoms. The minimum Gasteiger partial charge on any atom is -0.356 e. The average molecular weight is 332 g/mol. The first-order valence-corrected chi connectivity index (χ1v) is 8.57. The molecular weight excluding hydrogens is 315 g/mol. The van der Waals surface area contributed by atoms with Crippen molar-refractivity contribution in [3.63, 3.8) is 0 Å². The van der Waals surface area contributed by atoms with Gasteiger partial charge in [0, 0.05) is 16.3 Å². The molecule has 0 fully saturated rings. The van der Waals surface area contributed by atoms with Gasteiger partial charge in [0.25, 0.3) is 0 Å². The van der Waals surface area contributed by atoms with E-state index in [-0.39, 0.29) is 11.9 Å². The highest BCUT2D eigenvalue weighted by Crippen LogP contribution is 2.36. The van der Waals surface area contributed by atoms with E-state index in [1.54, 1.807) is 17.8 Å². The van der Waals surface area contributed by atoms with Crippen LogP contribution in [0.5, 0.6) is 0 Å². The van der Waals surface area contributed by atoms with Crippen molar-refractivity contribution in [2.75, 3.05) is 11.1 Å². The lowest BCUT2D eigenvalue weighted by molar-refractivity contribution is 0.587. The number of fused-ring (bicyclic) bond motifs is 1. The van der Waals surface area contributed by atoms with Crippen LogP contribution in [0.2, 0.25) is 0 Å². The summed E-state index contributed by atoms with van der Waals surface area (Å²) in [5, 5.41) is 7.07. The Morgan fingerprint density at radius 1 is 1.27 bits per heavy atom. The number of nitrogens with one attached hydrogen (secondary N) is 2. The number of halogens is 1. The maximum atomic E-state index is 13.5. The summed E-state index contributed by atoms with van der Waals surface area (Å²) in [6.45, 7) is 2.04. The van der Waals surface area contributed by atoms with Crippen LogP contribution in [-0.4, -0.2) is 10.9 Å². The molecule has 0 saturated heterocycles. The Balaban J connectivity index is 1.71. The molecule has 5 heteroatoms. The Hall–Kier alpha value is -1.59. The molecule has 0 unspecified atom stereocenters. The van der Waals surface area contributed by atoms with Crippen molar-refractivity contribution in [3.05, 3.63) is 59.4 Å². The fourth-order valence-corrected chi connectivity index (χ4v) is 3.93. The van der Waals surface area contributed by atoms with Gasteiger partial charge in [-0.1, -0.05) is 12.1 Å². The van der Waals surface area contributed by atoms with Crippen LogP contribution in [0.4, 0.5) is 10.1 Å². The van der Waals surface area contributed by atoms with Gasteiger partial charge >= 0.3 is 0 Å². The third-order valence-corrected chi connectivity index (χ3v) is 4.94. The second-order valence-electron chi connectivity index (χ2n) is 5.34. The number of thioether (sulfide) groups is 1. The van der Waals surface area contributed by atoms with Crippen LogP contribution in [0.1, 0.15) is 23.6 Å². The van der Waals surface area contributed by atoms with E-state index in [0.717, 1.165) is 28.3 Å². The van der Waals surface area contributed by atoms with Crippen LogP contribution in [0.25, 0.3) is 0 Å². The lowest BCUT2D eigenvalue weighted by Gasteiger charge is -2.27. The van der Waals surface area contributed by atoms with Gasteiger partial charge < -0.3 is 10.6 Å². The van der Waals surface area contributed by atoms with E-state index < -0.39 is 0 Å². The van der Waals surface area contributed by atoms with Gasteiger partial charge in [-0.25, -0.2) is 4.39 Å². The van der Waals surface area contributed by atoms with Crippen LogP contribution in [-0.2, 0) is 0 Å². The Labute approximate surface area is 139 Å².